The van der Waals surface area contributed by atoms with Crippen molar-refractivity contribution in [1.82, 2.24) is 4.90 Å². The van der Waals surface area contributed by atoms with Crippen molar-refractivity contribution < 1.29 is 15.0 Å². The van der Waals surface area contributed by atoms with Crippen molar-refractivity contribution in [2.45, 2.75) is 38.1 Å². The average Bonchev–Trinajstić information content (AvgIpc) is 2.97. The molecule has 0 aliphatic carbocycles. The zero-order valence-corrected chi connectivity index (χ0v) is 12.9. The van der Waals surface area contributed by atoms with Crippen LogP contribution in [-0.4, -0.2) is 46.8 Å². The lowest BCUT2D eigenvalue weighted by molar-refractivity contribution is 0.0575. The quantitative estimate of drug-likeness (QED) is 0.835. The minimum Gasteiger partial charge on any atom is -0.396 e. The van der Waals surface area contributed by atoms with E-state index < -0.39 is 0 Å². The third kappa shape index (κ3) is 4.31. The third-order valence-electron chi connectivity index (χ3n) is 3.65. The second-order valence-electron chi connectivity index (χ2n) is 5.14. The molecule has 1 unspecified atom stereocenters. The fourth-order valence-corrected chi connectivity index (χ4v) is 3.35. The van der Waals surface area contributed by atoms with Gasteiger partial charge in [-0.15, -0.1) is 11.3 Å². The van der Waals surface area contributed by atoms with E-state index in [0.29, 0.717) is 18.4 Å². The molecular formula is C16H21NO3S. The molecule has 1 aromatic rings. The summed E-state index contributed by atoms with van der Waals surface area (Å²) in [5.41, 5.74) is 0.679. The van der Waals surface area contributed by atoms with Gasteiger partial charge in [-0.1, -0.05) is 11.8 Å². The number of amides is 1. The number of rotatable bonds is 4. The summed E-state index contributed by atoms with van der Waals surface area (Å²) < 4.78 is 0. The molecule has 1 saturated heterocycles. The van der Waals surface area contributed by atoms with Crippen molar-refractivity contribution in [2.24, 2.45) is 0 Å². The average molecular weight is 307 g/mol. The number of hydrogen-bond donors (Lipinski definition) is 2. The largest absolute Gasteiger partial charge is 0.396 e. The predicted octanol–water partition coefficient (Wildman–Crippen LogP) is 1.86. The number of aliphatic hydroxyl groups excluding tert-OH is 2. The van der Waals surface area contributed by atoms with Crippen molar-refractivity contribution in [3.63, 3.8) is 0 Å². The molecule has 1 fully saturated rings. The van der Waals surface area contributed by atoms with Crippen LogP contribution < -0.4 is 0 Å². The van der Waals surface area contributed by atoms with Gasteiger partial charge in [-0.2, -0.15) is 0 Å². The summed E-state index contributed by atoms with van der Waals surface area (Å²) in [5.74, 6) is 5.86. The van der Waals surface area contributed by atoms with Crippen LogP contribution in [-0.2, 0) is 0 Å². The highest BCUT2D eigenvalue weighted by molar-refractivity contribution is 7.10. The van der Waals surface area contributed by atoms with Crippen molar-refractivity contribution >= 4 is 17.2 Å². The van der Waals surface area contributed by atoms with Gasteiger partial charge in [0.05, 0.1) is 17.0 Å². The van der Waals surface area contributed by atoms with Crippen LogP contribution in [0.15, 0.2) is 11.4 Å². The molecule has 114 valence electrons. The van der Waals surface area contributed by atoms with Crippen LogP contribution in [0.5, 0.6) is 0 Å². The van der Waals surface area contributed by atoms with Gasteiger partial charge >= 0.3 is 0 Å². The SMILES string of the molecule is O=C(c1csc(C#CCCO)c1)N1CCCCC1CCO. The van der Waals surface area contributed by atoms with Gasteiger partial charge in [0.2, 0.25) is 0 Å². The Kier molecular flexibility index (Phi) is 6.24. The summed E-state index contributed by atoms with van der Waals surface area (Å²) in [6, 6.07) is 1.97. The van der Waals surface area contributed by atoms with Crippen molar-refractivity contribution in [2.75, 3.05) is 19.8 Å². The molecule has 2 rings (SSSR count). The Bertz CT molecular complexity index is 527. The number of likely N-dealkylation sites (tertiary alicyclic amines) is 1. The highest BCUT2D eigenvalue weighted by Gasteiger charge is 2.27. The molecule has 0 bridgehead atoms. The topological polar surface area (TPSA) is 60.8 Å². The summed E-state index contributed by atoms with van der Waals surface area (Å²) in [4.78, 5) is 15.3. The molecular weight excluding hydrogens is 286 g/mol. The maximum Gasteiger partial charge on any atom is 0.254 e. The van der Waals surface area contributed by atoms with E-state index in [1.54, 1.807) is 0 Å². The van der Waals surface area contributed by atoms with Gasteiger partial charge in [0, 0.05) is 31.0 Å². The number of thiophene rings is 1. The first-order chi connectivity index (χ1) is 10.3. The lowest BCUT2D eigenvalue weighted by Gasteiger charge is -2.35. The Hall–Kier alpha value is -1.35. The van der Waals surface area contributed by atoms with E-state index in [1.807, 2.05) is 16.3 Å². The highest BCUT2D eigenvalue weighted by Crippen LogP contribution is 2.23. The van der Waals surface area contributed by atoms with Gasteiger partial charge in [0.15, 0.2) is 0 Å². The predicted molar refractivity (Wildman–Crippen MR) is 83.3 cm³/mol. The molecule has 1 atom stereocenters. The monoisotopic (exact) mass is 307 g/mol. The van der Waals surface area contributed by atoms with E-state index in [4.69, 9.17) is 10.2 Å². The standard InChI is InChI=1S/C16H21NO3S/c18-9-4-2-6-15-11-13(12-21-15)16(20)17-8-3-1-5-14(17)7-10-19/h11-12,14,18-19H,1,3-5,7-10H2. The molecule has 5 heteroatoms. The molecule has 0 radical (unpaired) electrons. The lowest BCUT2D eigenvalue weighted by atomic mass is 9.99. The minimum atomic E-state index is 0.0413. The first-order valence-electron chi connectivity index (χ1n) is 7.36. The summed E-state index contributed by atoms with van der Waals surface area (Å²) in [5, 5.41) is 19.7. The number of hydrogen-bond acceptors (Lipinski definition) is 4. The van der Waals surface area contributed by atoms with Crippen LogP contribution in [0.3, 0.4) is 0 Å². The Morgan fingerprint density at radius 3 is 3.00 bits per heavy atom. The molecule has 1 aromatic heterocycles. The van der Waals surface area contributed by atoms with E-state index in [9.17, 15) is 4.79 Å². The van der Waals surface area contributed by atoms with Gasteiger partial charge < -0.3 is 15.1 Å². The molecule has 1 aliphatic rings. The Morgan fingerprint density at radius 2 is 2.24 bits per heavy atom. The maximum absolute atomic E-state index is 12.6. The van der Waals surface area contributed by atoms with Crippen molar-refractivity contribution in [3.05, 3.63) is 21.9 Å². The fraction of sp³-hybridized carbons (Fsp3) is 0.562. The fourth-order valence-electron chi connectivity index (χ4n) is 2.60. The molecule has 0 saturated carbocycles. The van der Waals surface area contributed by atoms with Crippen LogP contribution in [0, 0.1) is 11.8 Å². The number of piperidine rings is 1. The first kappa shape index (κ1) is 16.0. The summed E-state index contributed by atoms with van der Waals surface area (Å²) in [6.45, 7) is 0.946. The van der Waals surface area contributed by atoms with Crippen LogP contribution in [0.4, 0.5) is 0 Å². The van der Waals surface area contributed by atoms with Gasteiger partial charge in [0.1, 0.15) is 0 Å². The van der Waals surface area contributed by atoms with Crippen LogP contribution >= 0.6 is 11.3 Å². The Balaban J connectivity index is 2.06. The second-order valence-corrected chi connectivity index (χ2v) is 6.05. The number of carbonyl (C=O) groups excluding carboxylic acids is 1. The van der Waals surface area contributed by atoms with Crippen LogP contribution in [0.2, 0.25) is 0 Å². The summed E-state index contributed by atoms with van der Waals surface area (Å²) in [6.07, 6.45) is 4.22. The number of nitrogens with zero attached hydrogens (tertiary/aromatic N) is 1. The Labute approximate surface area is 129 Å². The lowest BCUT2D eigenvalue weighted by Crippen LogP contribution is -2.44. The molecule has 21 heavy (non-hydrogen) atoms. The Morgan fingerprint density at radius 1 is 1.38 bits per heavy atom. The number of aliphatic hydroxyl groups is 2. The van der Waals surface area contributed by atoms with Gasteiger partial charge in [-0.05, 0) is 31.7 Å². The molecule has 0 spiro atoms. The summed E-state index contributed by atoms with van der Waals surface area (Å²) >= 11 is 1.45. The van der Waals surface area contributed by atoms with E-state index in [1.165, 1.54) is 11.3 Å². The normalized spacial score (nSPS) is 18.2. The smallest absolute Gasteiger partial charge is 0.254 e. The molecule has 1 aliphatic heterocycles. The minimum absolute atomic E-state index is 0.0413. The van der Waals surface area contributed by atoms with E-state index in [0.717, 1.165) is 30.7 Å². The van der Waals surface area contributed by atoms with E-state index >= 15 is 0 Å². The summed E-state index contributed by atoms with van der Waals surface area (Å²) in [7, 11) is 0. The number of carbonyl (C=O) groups is 1. The molecule has 1 amide bonds. The molecule has 0 aromatic carbocycles. The van der Waals surface area contributed by atoms with Gasteiger partial charge in [-0.3, -0.25) is 4.79 Å². The van der Waals surface area contributed by atoms with Crippen molar-refractivity contribution in [1.29, 1.82) is 0 Å². The van der Waals surface area contributed by atoms with Gasteiger partial charge in [0.25, 0.3) is 5.91 Å². The maximum atomic E-state index is 12.6. The first-order valence-corrected chi connectivity index (χ1v) is 8.24. The third-order valence-corrected chi connectivity index (χ3v) is 4.49. The van der Waals surface area contributed by atoms with E-state index in [2.05, 4.69) is 11.8 Å². The van der Waals surface area contributed by atoms with Gasteiger partial charge in [-0.25, -0.2) is 0 Å². The highest BCUT2D eigenvalue weighted by atomic mass is 32.1. The van der Waals surface area contributed by atoms with E-state index in [-0.39, 0.29) is 25.2 Å². The second kappa shape index (κ2) is 8.18. The van der Waals surface area contributed by atoms with Crippen LogP contribution in [0.25, 0.3) is 0 Å². The van der Waals surface area contributed by atoms with Crippen molar-refractivity contribution in [3.8, 4) is 11.8 Å². The molecule has 4 nitrogen and oxygen atoms in total. The molecule has 2 heterocycles. The molecule has 2 N–H and O–H groups in total. The zero-order valence-electron chi connectivity index (χ0n) is 12.0. The zero-order chi connectivity index (χ0) is 15.1. The van der Waals surface area contributed by atoms with Crippen LogP contribution in [0.1, 0.15) is 47.3 Å².